The van der Waals surface area contributed by atoms with Crippen molar-refractivity contribution in [1.29, 1.82) is 0 Å². The maximum absolute atomic E-state index is 12.9. The lowest BCUT2D eigenvalue weighted by molar-refractivity contribution is -0.157. The summed E-state index contributed by atoms with van der Waals surface area (Å²) in [5.41, 5.74) is 1.15. The molecule has 1 unspecified atom stereocenters. The molecule has 1 saturated carbocycles. The number of amides is 1. The molecule has 1 amide bonds. The molecule has 2 aromatic rings. The van der Waals surface area contributed by atoms with E-state index >= 15 is 0 Å². The first-order valence-corrected chi connectivity index (χ1v) is 10.1. The van der Waals surface area contributed by atoms with E-state index in [-0.39, 0.29) is 12.5 Å². The molecule has 2 aliphatic rings. The van der Waals surface area contributed by atoms with Crippen molar-refractivity contribution in [3.05, 3.63) is 23.8 Å². The Kier molecular flexibility index (Phi) is 5.41. The molecule has 1 aliphatic carbocycles. The molecule has 0 spiro atoms. The van der Waals surface area contributed by atoms with E-state index in [0.29, 0.717) is 24.4 Å². The van der Waals surface area contributed by atoms with E-state index in [4.69, 9.17) is 4.63 Å². The van der Waals surface area contributed by atoms with E-state index in [1.807, 2.05) is 23.1 Å². The summed E-state index contributed by atoms with van der Waals surface area (Å²) in [7, 11) is 0. The molecule has 1 saturated heterocycles. The van der Waals surface area contributed by atoms with Crippen LogP contribution in [0.1, 0.15) is 50.5 Å². The number of aromatic nitrogens is 2. The highest BCUT2D eigenvalue weighted by Gasteiger charge is 2.42. The van der Waals surface area contributed by atoms with Crippen LogP contribution < -0.4 is 5.32 Å². The van der Waals surface area contributed by atoms with E-state index < -0.39 is 5.60 Å². The van der Waals surface area contributed by atoms with Crippen molar-refractivity contribution in [3.8, 4) is 0 Å². The van der Waals surface area contributed by atoms with Crippen LogP contribution in [0, 0.1) is 5.92 Å². The summed E-state index contributed by atoms with van der Waals surface area (Å²) in [6.07, 6.45) is 7.64. The highest BCUT2D eigenvalue weighted by molar-refractivity contribution is 5.86. The topological polar surface area (TPSA) is 91.5 Å². The van der Waals surface area contributed by atoms with Crippen LogP contribution in [-0.4, -0.2) is 51.5 Å². The second-order valence-electron chi connectivity index (χ2n) is 8.08. The summed E-state index contributed by atoms with van der Waals surface area (Å²) < 4.78 is 4.71. The van der Waals surface area contributed by atoms with Gasteiger partial charge in [-0.1, -0.05) is 25.3 Å². The maximum atomic E-state index is 12.9. The quantitative estimate of drug-likeness (QED) is 0.808. The number of nitrogens with zero attached hydrogens (tertiary/aromatic N) is 3. The fourth-order valence-corrected chi connectivity index (χ4v) is 4.44. The molecule has 146 valence electrons. The fraction of sp³-hybridized carbons (Fsp3) is 0.650. The highest BCUT2D eigenvalue weighted by Crippen LogP contribution is 2.28. The van der Waals surface area contributed by atoms with Crippen LogP contribution in [0.15, 0.2) is 22.8 Å². The molecular weight excluding hydrogens is 344 g/mol. The lowest BCUT2D eigenvalue weighted by atomic mass is 9.86. The normalized spacial score (nSPS) is 24.6. The Morgan fingerprint density at radius 3 is 2.85 bits per heavy atom. The molecule has 7 nitrogen and oxygen atoms in total. The number of nitrogens with one attached hydrogen (secondary N) is 1. The van der Waals surface area contributed by atoms with Gasteiger partial charge in [-0.25, -0.2) is 4.63 Å². The Morgan fingerprint density at radius 2 is 2.00 bits per heavy atom. The first-order valence-electron chi connectivity index (χ1n) is 10.1. The summed E-state index contributed by atoms with van der Waals surface area (Å²) in [5.74, 6) is 0.490. The minimum atomic E-state index is -1.30. The van der Waals surface area contributed by atoms with E-state index in [0.717, 1.165) is 30.6 Å². The first-order chi connectivity index (χ1) is 13.1. The molecule has 1 atom stereocenters. The Balaban J connectivity index is 1.33. The summed E-state index contributed by atoms with van der Waals surface area (Å²) in [4.78, 5) is 14.8. The third-order valence-electron chi connectivity index (χ3n) is 5.97. The van der Waals surface area contributed by atoms with E-state index in [9.17, 15) is 9.90 Å². The van der Waals surface area contributed by atoms with Crippen molar-refractivity contribution < 1.29 is 14.5 Å². The van der Waals surface area contributed by atoms with Gasteiger partial charge in [-0.2, -0.15) is 0 Å². The third-order valence-corrected chi connectivity index (χ3v) is 5.97. The van der Waals surface area contributed by atoms with Crippen LogP contribution >= 0.6 is 0 Å². The van der Waals surface area contributed by atoms with Gasteiger partial charge in [0.2, 0.25) is 0 Å². The molecule has 4 rings (SSSR count). The number of piperidine rings is 1. The average Bonchev–Trinajstić information content (AvgIpc) is 3.14. The van der Waals surface area contributed by atoms with E-state index in [1.165, 1.54) is 32.1 Å². The third kappa shape index (κ3) is 4.14. The van der Waals surface area contributed by atoms with Crippen LogP contribution in [0.4, 0.5) is 0 Å². The number of hydrogen-bond acceptors (Lipinski definition) is 6. The number of likely N-dealkylation sites (tertiary alicyclic amines) is 1. The van der Waals surface area contributed by atoms with Crippen molar-refractivity contribution in [2.24, 2.45) is 5.92 Å². The van der Waals surface area contributed by atoms with Gasteiger partial charge in [0.25, 0.3) is 5.91 Å². The van der Waals surface area contributed by atoms with Crippen molar-refractivity contribution in [2.75, 3.05) is 19.6 Å². The number of rotatable bonds is 6. The zero-order chi connectivity index (χ0) is 18.7. The summed E-state index contributed by atoms with van der Waals surface area (Å²) >= 11 is 0. The van der Waals surface area contributed by atoms with Gasteiger partial charge in [0.05, 0.1) is 0 Å². The zero-order valence-electron chi connectivity index (χ0n) is 15.7. The molecule has 0 bridgehead atoms. The summed E-state index contributed by atoms with van der Waals surface area (Å²) in [6, 6.07) is 5.71. The molecule has 1 aromatic carbocycles. The standard InChI is InChI=1S/C20H28N4O3/c25-19-20(26,9-4-10-24(19)13-15-5-2-1-3-6-15)14-21-12-16-7-8-17-18(11-16)23-27-22-17/h7-8,11,15,21,26H,1-6,9-10,12-14H2. The number of carbonyl (C=O) groups is 1. The van der Waals surface area contributed by atoms with Gasteiger partial charge < -0.3 is 15.3 Å². The minimum Gasteiger partial charge on any atom is -0.379 e. The SMILES string of the molecule is O=C1N(CC2CCCCC2)CCCC1(O)CNCc1ccc2nonc2c1. The molecule has 2 fully saturated rings. The van der Waals surface area contributed by atoms with Gasteiger partial charge in [0.1, 0.15) is 11.0 Å². The molecule has 1 aliphatic heterocycles. The lowest BCUT2D eigenvalue weighted by Crippen LogP contribution is -2.58. The fourth-order valence-electron chi connectivity index (χ4n) is 4.44. The van der Waals surface area contributed by atoms with Crippen molar-refractivity contribution in [2.45, 2.75) is 57.1 Å². The smallest absolute Gasteiger partial charge is 0.255 e. The molecule has 0 radical (unpaired) electrons. The summed E-state index contributed by atoms with van der Waals surface area (Å²) in [5, 5.41) is 21.9. The average molecular weight is 372 g/mol. The van der Waals surface area contributed by atoms with Crippen LogP contribution in [-0.2, 0) is 11.3 Å². The number of benzene rings is 1. The number of hydrogen-bond donors (Lipinski definition) is 2. The van der Waals surface area contributed by atoms with Gasteiger partial charge in [0, 0.05) is 26.2 Å². The first kappa shape index (κ1) is 18.4. The zero-order valence-corrected chi connectivity index (χ0v) is 15.7. The van der Waals surface area contributed by atoms with E-state index in [1.54, 1.807) is 0 Å². The largest absolute Gasteiger partial charge is 0.379 e. The Labute approximate surface area is 159 Å². The highest BCUT2D eigenvalue weighted by atomic mass is 16.6. The van der Waals surface area contributed by atoms with Gasteiger partial charge in [-0.15, -0.1) is 0 Å². The van der Waals surface area contributed by atoms with Gasteiger partial charge in [-0.05, 0) is 59.6 Å². The molecule has 2 N–H and O–H groups in total. The molecule has 7 heteroatoms. The summed E-state index contributed by atoms with van der Waals surface area (Å²) in [6.45, 7) is 2.40. The molecule has 2 heterocycles. The maximum Gasteiger partial charge on any atom is 0.255 e. The Hall–Kier alpha value is -1.99. The van der Waals surface area contributed by atoms with Crippen molar-refractivity contribution >= 4 is 16.9 Å². The van der Waals surface area contributed by atoms with Crippen LogP contribution in [0.2, 0.25) is 0 Å². The molecule has 1 aromatic heterocycles. The Bertz CT molecular complexity index is 786. The van der Waals surface area contributed by atoms with Crippen molar-refractivity contribution in [3.63, 3.8) is 0 Å². The van der Waals surface area contributed by atoms with Gasteiger partial charge in [0.15, 0.2) is 5.60 Å². The van der Waals surface area contributed by atoms with Crippen LogP contribution in [0.5, 0.6) is 0 Å². The molecule has 27 heavy (non-hydrogen) atoms. The second kappa shape index (κ2) is 7.94. The predicted molar refractivity (Wildman–Crippen MR) is 101 cm³/mol. The van der Waals surface area contributed by atoms with Gasteiger partial charge in [-0.3, -0.25) is 4.79 Å². The number of carbonyl (C=O) groups excluding carboxylic acids is 1. The van der Waals surface area contributed by atoms with Gasteiger partial charge >= 0.3 is 0 Å². The van der Waals surface area contributed by atoms with Crippen molar-refractivity contribution in [1.82, 2.24) is 20.5 Å². The van der Waals surface area contributed by atoms with E-state index in [2.05, 4.69) is 15.6 Å². The lowest BCUT2D eigenvalue weighted by Gasteiger charge is -2.40. The number of fused-ring (bicyclic) bond motifs is 1. The number of aliphatic hydroxyl groups is 1. The molecular formula is C20H28N4O3. The van der Waals surface area contributed by atoms with Crippen LogP contribution in [0.25, 0.3) is 11.0 Å². The Morgan fingerprint density at radius 1 is 1.19 bits per heavy atom. The van der Waals surface area contributed by atoms with Crippen LogP contribution in [0.3, 0.4) is 0 Å². The monoisotopic (exact) mass is 372 g/mol. The second-order valence-corrected chi connectivity index (χ2v) is 8.08. The minimum absolute atomic E-state index is 0.108. The predicted octanol–water partition coefficient (Wildman–Crippen LogP) is 2.25.